The predicted molar refractivity (Wildman–Crippen MR) is 126 cm³/mol. The number of piperidine rings is 1. The normalized spacial score (nSPS) is 17.2. The van der Waals surface area contributed by atoms with E-state index < -0.39 is 17.2 Å². The van der Waals surface area contributed by atoms with Gasteiger partial charge in [-0.15, -0.1) is 22.7 Å². The predicted octanol–water partition coefficient (Wildman–Crippen LogP) is 5.14. The molecule has 4 rings (SSSR count). The van der Waals surface area contributed by atoms with Crippen molar-refractivity contribution < 1.29 is 24.2 Å². The second-order valence-corrected chi connectivity index (χ2v) is 10.9. The highest BCUT2D eigenvalue weighted by Crippen LogP contribution is 2.41. The first kappa shape index (κ1) is 22.8. The Morgan fingerprint density at radius 2 is 1.78 bits per heavy atom. The Bertz CT molecular complexity index is 1060. The molecule has 3 aromatic rings. The van der Waals surface area contributed by atoms with Gasteiger partial charge in [0.05, 0.1) is 9.75 Å². The fourth-order valence-electron chi connectivity index (χ4n) is 3.69. The number of hydrogen-bond acceptors (Lipinski definition) is 7. The lowest BCUT2D eigenvalue weighted by molar-refractivity contribution is -0.169. The number of ether oxygens (including phenoxy) is 2. The molecule has 1 aliphatic heterocycles. The number of amides is 1. The van der Waals surface area contributed by atoms with E-state index in [1.165, 1.54) is 22.7 Å². The number of carbonyl (C=O) groups is 2. The first-order chi connectivity index (χ1) is 15.2. The molecule has 32 heavy (non-hydrogen) atoms. The second-order valence-electron chi connectivity index (χ2n) is 8.91. The maximum Gasteiger partial charge on any atom is 0.410 e. The fraction of sp³-hybridized carbons (Fsp3) is 0.417. The van der Waals surface area contributed by atoms with Crippen LogP contribution in [0.3, 0.4) is 0 Å². The van der Waals surface area contributed by atoms with Gasteiger partial charge in [-0.2, -0.15) is 0 Å². The maximum absolute atomic E-state index is 13.3. The summed E-state index contributed by atoms with van der Waals surface area (Å²) in [6.45, 7) is 6.37. The molecule has 1 atom stereocenters. The van der Waals surface area contributed by atoms with Crippen LogP contribution in [0.15, 0.2) is 47.8 Å². The Balaban J connectivity index is 1.49. The number of likely N-dealkylation sites (tertiary alicyclic amines) is 1. The highest BCUT2D eigenvalue weighted by atomic mass is 32.1. The smallest absolute Gasteiger partial charge is 0.410 e. The molecule has 6 nitrogen and oxygen atoms in total. The zero-order valence-corrected chi connectivity index (χ0v) is 20.0. The van der Waals surface area contributed by atoms with Gasteiger partial charge in [0.2, 0.25) is 5.60 Å². The molecule has 2 aromatic heterocycles. The van der Waals surface area contributed by atoms with Crippen LogP contribution in [-0.2, 0) is 19.9 Å². The number of esters is 1. The molecule has 0 saturated carbocycles. The molecule has 0 bridgehead atoms. The molecule has 0 radical (unpaired) electrons. The Morgan fingerprint density at radius 1 is 1.06 bits per heavy atom. The average molecular weight is 474 g/mol. The zero-order chi connectivity index (χ0) is 22.9. The molecule has 3 heterocycles. The van der Waals surface area contributed by atoms with Gasteiger partial charge in [-0.05, 0) is 49.7 Å². The molecule has 0 spiro atoms. The lowest BCUT2D eigenvalue weighted by Gasteiger charge is -2.34. The lowest BCUT2D eigenvalue weighted by Crippen LogP contribution is -2.45. The molecule has 1 saturated heterocycles. The minimum Gasteiger partial charge on any atom is -0.460 e. The van der Waals surface area contributed by atoms with E-state index in [4.69, 9.17) is 9.47 Å². The number of hydrogen-bond donors (Lipinski definition) is 1. The number of nitrogens with zero attached hydrogens (tertiary/aromatic N) is 1. The van der Waals surface area contributed by atoms with Crippen LogP contribution in [0.5, 0.6) is 0 Å². The number of benzene rings is 1. The highest BCUT2D eigenvalue weighted by molar-refractivity contribution is 7.19. The summed E-state index contributed by atoms with van der Waals surface area (Å²) in [4.78, 5) is 28.3. The van der Waals surface area contributed by atoms with Crippen molar-refractivity contribution in [2.75, 3.05) is 13.1 Å². The average Bonchev–Trinajstić information content (AvgIpc) is 3.42. The topological polar surface area (TPSA) is 76.1 Å². The monoisotopic (exact) mass is 473 g/mol. The molecule has 1 fully saturated rings. The lowest BCUT2D eigenvalue weighted by atomic mass is 9.99. The Labute approximate surface area is 195 Å². The first-order valence-corrected chi connectivity index (χ1v) is 12.3. The number of aliphatic hydroxyl groups is 1. The van der Waals surface area contributed by atoms with Gasteiger partial charge < -0.3 is 19.5 Å². The van der Waals surface area contributed by atoms with Crippen molar-refractivity contribution in [2.45, 2.75) is 50.9 Å². The third kappa shape index (κ3) is 4.67. The van der Waals surface area contributed by atoms with Crippen LogP contribution >= 0.6 is 22.7 Å². The van der Waals surface area contributed by atoms with Crippen molar-refractivity contribution in [3.63, 3.8) is 0 Å². The van der Waals surface area contributed by atoms with Gasteiger partial charge in [0.25, 0.3) is 0 Å². The van der Waals surface area contributed by atoms with Gasteiger partial charge in [0.15, 0.2) is 0 Å². The van der Waals surface area contributed by atoms with E-state index in [1.54, 1.807) is 11.0 Å². The Hall–Kier alpha value is -2.42. The van der Waals surface area contributed by atoms with Crippen LogP contribution in [0.2, 0.25) is 0 Å². The summed E-state index contributed by atoms with van der Waals surface area (Å²) in [7, 11) is 0. The molecule has 1 N–H and O–H groups in total. The summed E-state index contributed by atoms with van der Waals surface area (Å²) in [5.74, 6) is -0.678. The van der Waals surface area contributed by atoms with Gasteiger partial charge >= 0.3 is 12.1 Å². The molecule has 8 heteroatoms. The van der Waals surface area contributed by atoms with Crippen molar-refractivity contribution >= 4 is 44.8 Å². The summed E-state index contributed by atoms with van der Waals surface area (Å²) in [6, 6.07) is 13.2. The standard InChI is InChI=1S/C24H27NO5S2/c1-23(2,3)30-22(27)25-12-10-17(11-13-25)29-21(26)24(28,19-9-6-14-31-19)20-15-16-7-4-5-8-18(16)32-20/h4-9,14-15,17,28H,10-13H2,1-3H3/t24-/m0/s1. The summed E-state index contributed by atoms with van der Waals surface area (Å²) >= 11 is 2.71. The third-order valence-corrected chi connectivity index (χ3v) is 7.53. The van der Waals surface area contributed by atoms with Crippen LogP contribution in [0.25, 0.3) is 10.1 Å². The van der Waals surface area contributed by atoms with E-state index in [-0.39, 0.29) is 12.2 Å². The van der Waals surface area contributed by atoms with Crippen LogP contribution < -0.4 is 0 Å². The number of rotatable bonds is 4. The van der Waals surface area contributed by atoms with E-state index >= 15 is 0 Å². The van der Waals surface area contributed by atoms with Crippen molar-refractivity contribution in [1.29, 1.82) is 0 Å². The van der Waals surface area contributed by atoms with Gasteiger partial charge in [-0.1, -0.05) is 24.3 Å². The van der Waals surface area contributed by atoms with E-state index in [2.05, 4.69) is 0 Å². The third-order valence-electron chi connectivity index (χ3n) is 5.32. The van der Waals surface area contributed by atoms with E-state index in [0.717, 1.165) is 10.1 Å². The van der Waals surface area contributed by atoms with E-state index in [9.17, 15) is 14.7 Å². The number of thiophene rings is 2. The largest absolute Gasteiger partial charge is 0.460 e. The van der Waals surface area contributed by atoms with Crippen molar-refractivity contribution in [1.82, 2.24) is 4.90 Å². The zero-order valence-electron chi connectivity index (χ0n) is 18.4. The quantitative estimate of drug-likeness (QED) is 0.531. The van der Waals surface area contributed by atoms with Gasteiger partial charge in [-0.3, -0.25) is 0 Å². The summed E-state index contributed by atoms with van der Waals surface area (Å²) < 4.78 is 12.2. The van der Waals surface area contributed by atoms with Crippen LogP contribution in [-0.4, -0.2) is 46.9 Å². The summed E-state index contributed by atoms with van der Waals surface area (Å²) in [5.41, 5.74) is -2.41. The SMILES string of the molecule is CC(C)(C)OC(=O)N1CCC(OC(=O)[C@](O)(c2cccs2)c2cc3ccccc3s2)CC1. The van der Waals surface area contributed by atoms with Crippen LogP contribution in [0.4, 0.5) is 4.79 Å². The number of fused-ring (bicyclic) bond motifs is 1. The van der Waals surface area contributed by atoms with Crippen molar-refractivity contribution in [3.05, 3.63) is 57.6 Å². The highest BCUT2D eigenvalue weighted by Gasteiger charge is 2.45. The Kier molecular flexibility index (Phi) is 6.29. The molecule has 170 valence electrons. The molecule has 0 aliphatic carbocycles. The Morgan fingerprint density at radius 3 is 2.41 bits per heavy atom. The van der Waals surface area contributed by atoms with Gasteiger partial charge in [0, 0.05) is 30.6 Å². The molecule has 0 unspecified atom stereocenters. The molecular weight excluding hydrogens is 446 g/mol. The number of carbonyl (C=O) groups excluding carboxylic acids is 2. The minimum absolute atomic E-state index is 0.359. The van der Waals surface area contributed by atoms with Crippen molar-refractivity contribution in [2.24, 2.45) is 0 Å². The summed E-state index contributed by atoms with van der Waals surface area (Å²) in [5, 5.41) is 14.5. The molecular formula is C24H27NO5S2. The second kappa shape index (κ2) is 8.84. The first-order valence-electron chi connectivity index (χ1n) is 10.6. The van der Waals surface area contributed by atoms with E-state index in [0.29, 0.717) is 35.7 Å². The van der Waals surface area contributed by atoms with Crippen molar-refractivity contribution in [3.8, 4) is 0 Å². The fourth-order valence-corrected chi connectivity index (χ4v) is 5.73. The molecule has 1 aliphatic rings. The maximum atomic E-state index is 13.3. The molecule has 1 aromatic carbocycles. The van der Waals surface area contributed by atoms with Crippen LogP contribution in [0.1, 0.15) is 43.4 Å². The van der Waals surface area contributed by atoms with Gasteiger partial charge in [-0.25, -0.2) is 9.59 Å². The van der Waals surface area contributed by atoms with E-state index in [1.807, 2.05) is 62.5 Å². The summed E-state index contributed by atoms with van der Waals surface area (Å²) in [6.07, 6.45) is 0.264. The van der Waals surface area contributed by atoms with Gasteiger partial charge in [0.1, 0.15) is 11.7 Å². The van der Waals surface area contributed by atoms with Crippen LogP contribution in [0, 0.1) is 0 Å². The minimum atomic E-state index is -1.86. The molecule has 1 amide bonds.